The highest BCUT2D eigenvalue weighted by atomic mass is 79.9. The molecule has 59 heavy (non-hydrogen) atoms. The van der Waals surface area contributed by atoms with E-state index in [1.807, 2.05) is 30.9 Å². The van der Waals surface area contributed by atoms with Gasteiger partial charge in [-0.05, 0) is 107 Å². The number of hydrogen-bond donors (Lipinski definition) is 2. The second-order valence-corrected chi connectivity index (χ2v) is 18.5. The van der Waals surface area contributed by atoms with Crippen molar-refractivity contribution in [3.63, 3.8) is 0 Å². The first-order valence-corrected chi connectivity index (χ1v) is 22.9. The predicted octanol–water partition coefficient (Wildman–Crippen LogP) is 6.62. The summed E-state index contributed by atoms with van der Waals surface area (Å²) in [7, 11) is -3.29. The maximum absolute atomic E-state index is 11.9. The van der Waals surface area contributed by atoms with Crippen molar-refractivity contribution in [2.24, 2.45) is 0 Å². The number of hydrogen-bond acceptors (Lipinski definition) is 10. The molecule has 6 heterocycles. The van der Waals surface area contributed by atoms with Crippen LogP contribution in [0.25, 0.3) is 44.7 Å². The number of halogens is 1. The summed E-state index contributed by atoms with van der Waals surface area (Å²) in [4.78, 5) is 14.1. The highest BCUT2D eigenvalue weighted by Crippen LogP contribution is 2.28. The van der Waals surface area contributed by atoms with Gasteiger partial charge in [-0.1, -0.05) is 60.7 Å². The van der Waals surface area contributed by atoms with E-state index in [0.29, 0.717) is 5.65 Å². The number of piperidine rings is 2. The minimum Gasteiger partial charge on any atom is -0.392 e. The van der Waals surface area contributed by atoms with E-state index in [9.17, 15) is 18.6 Å². The smallest absolute Gasteiger partial charge is 0.175 e. The molecule has 0 bridgehead atoms. The maximum Gasteiger partial charge on any atom is 0.175 e. The summed E-state index contributed by atoms with van der Waals surface area (Å²) in [6, 6.07) is 24.0. The Labute approximate surface area is 353 Å². The summed E-state index contributed by atoms with van der Waals surface area (Å²) in [5.74, 6) is 0. The van der Waals surface area contributed by atoms with Crippen molar-refractivity contribution in [3.05, 3.63) is 126 Å². The molecule has 3 aromatic carbocycles. The lowest BCUT2D eigenvalue weighted by Crippen LogP contribution is -2.39. The van der Waals surface area contributed by atoms with Crippen molar-refractivity contribution in [1.82, 2.24) is 39.0 Å². The molecule has 0 spiro atoms. The van der Waals surface area contributed by atoms with Gasteiger partial charge in [0.2, 0.25) is 0 Å². The molecule has 306 valence electrons. The van der Waals surface area contributed by atoms with Crippen LogP contribution in [0.3, 0.4) is 0 Å². The molecule has 2 fully saturated rings. The molecule has 0 amide bonds. The molecule has 12 nitrogen and oxygen atoms in total. The number of likely N-dealkylation sites (tertiary alicyclic amines) is 2. The average Bonchev–Trinajstić information content (AvgIpc) is 3.85. The SMILES string of the molecule is CS(=O)(=O)c1cccc(-c2cnn3cc(-c4ccc(CCN5CCCC(O)C5)cc4)cnc23)c1.OC1CCCN(CCc2ccc(-c3cnc4c(Br)cnn4c3)cc2)C1. The number of fused-ring (bicyclic) bond motifs is 2. The van der Waals surface area contributed by atoms with Gasteiger partial charge in [0.1, 0.15) is 0 Å². The number of β-amino-alcohol motifs (C(OH)–C–C–N with tert-alkyl or cyclic N) is 2. The number of benzene rings is 3. The van der Waals surface area contributed by atoms with E-state index < -0.39 is 9.84 Å². The third kappa shape index (κ3) is 10.1. The van der Waals surface area contributed by atoms with Crippen LogP contribution in [-0.2, 0) is 22.7 Å². The fourth-order valence-electron chi connectivity index (χ4n) is 7.89. The Kier molecular flexibility index (Phi) is 12.6. The van der Waals surface area contributed by atoms with Crippen LogP contribution in [0.4, 0.5) is 0 Å². The first-order valence-electron chi connectivity index (χ1n) is 20.2. The Morgan fingerprint density at radius 1 is 0.661 bits per heavy atom. The molecule has 2 N–H and O–H groups in total. The number of aliphatic hydroxyl groups is 2. The third-order valence-corrected chi connectivity index (χ3v) is 12.9. The second kappa shape index (κ2) is 18.2. The summed E-state index contributed by atoms with van der Waals surface area (Å²) in [5, 5.41) is 28.4. The Hall–Kier alpha value is -4.83. The predicted molar refractivity (Wildman–Crippen MR) is 234 cm³/mol. The lowest BCUT2D eigenvalue weighted by atomic mass is 10.0. The summed E-state index contributed by atoms with van der Waals surface area (Å²) in [6.45, 7) is 5.70. The van der Waals surface area contributed by atoms with E-state index in [0.717, 1.165) is 121 Å². The van der Waals surface area contributed by atoms with E-state index in [2.05, 4.69) is 94.4 Å². The van der Waals surface area contributed by atoms with Crippen LogP contribution in [0, 0.1) is 0 Å². The molecule has 0 saturated carbocycles. The van der Waals surface area contributed by atoms with Gasteiger partial charge in [0.15, 0.2) is 21.1 Å². The summed E-state index contributed by atoms with van der Waals surface area (Å²) < 4.78 is 28.3. The van der Waals surface area contributed by atoms with Crippen molar-refractivity contribution in [3.8, 4) is 33.4 Å². The van der Waals surface area contributed by atoms with Gasteiger partial charge in [-0.25, -0.2) is 27.4 Å². The number of aromatic nitrogens is 6. The van der Waals surface area contributed by atoms with Gasteiger partial charge in [-0.3, -0.25) is 0 Å². The average molecular weight is 878 g/mol. The topological polar surface area (TPSA) is 141 Å². The van der Waals surface area contributed by atoms with Crippen molar-refractivity contribution < 1.29 is 18.6 Å². The minimum absolute atomic E-state index is 0.152. The molecule has 2 aliphatic rings. The van der Waals surface area contributed by atoms with Crippen LogP contribution in [0.15, 0.2) is 119 Å². The summed E-state index contributed by atoms with van der Waals surface area (Å²) in [5.41, 5.74) is 9.84. The van der Waals surface area contributed by atoms with Crippen LogP contribution in [0.5, 0.6) is 0 Å². The standard InChI is InChI=1S/C26H28N4O3S.C19H21BrN4O/c1-34(32,33)24-6-2-4-21(14-24)25-16-28-30-17-22(15-27-26(25)30)20-9-7-19(8-10-20)11-13-29-12-3-5-23(31)18-29;20-18-11-22-24-12-16(10-21-19(18)24)15-5-3-14(4-6-15)7-9-23-8-1-2-17(25)13-23/h2,4,6-10,14-17,23,31H,3,5,11-13,18H2,1H3;3-6,10-12,17,25H,1-2,7-9,13H2. The van der Waals surface area contributed by atoms with E-state index in [1.165, 1.54) is 17.4 Å². The first-order chi connectivity index (χ1) is 28.6. The van der Waals surface area contributed by atoms with Crippen LogP contribution < -0.4 is 0 Å². The summed E-state index contributed by atoms with van der Waals surface area (Å²) in [6.07, 6.45) is 18.0. The van der Waals surface area contributed by atoms with Gasteiger partial charge in [-0.15, -0.1) is 0 Å². The van der Waals surface area contributed by atoms with Crippen molar-refractivity contribution in [2.45, 2.75) is 55.6 Å². The molecular weight excluding hydrogens is 829 g/mol. The Morgan fingerprint density at radius 3 is 1.73 bits per heavy atom. The molecule has 2 saturated heterocycles. The van der Waals surface area contributed by atoms with Gasteiger partial charge in [0.05, 0.1) is 34.0 Å². The van der Waals surface area contributed by atoms with Crippen LogP contribution in [-0.4, -0.2) is 115 Å². The largest absolute Gasteiger partial charge is 0.392 e. The molecule has 4 aromatic heterocycles. The molecule has 0 radical (unpaired) electrons. The van der Waals surface area contributed by atoms with Gasteiger partial charge in [0, 0.05) is 73.9 Å². The van der Waals surface area contributed by atoms with Crippen LogP contribution in [0.1, 0.15) is 36.8 Å². The highest BCUT2D eigenvalue weighted by molar-refractivity contribution is 9.10. The number of nitrogens with zero attached hydrogens (tertiary/aromatic N) is 8. The maximum atomic E-state index is 11.9. The van der Waals surface area contributed by atoms with Crippen molar-refractivity contribution in [2.75, 3.05) is 45.5 Å². The van der Waals surface area contributed by atoms with Crippen molar-refractivity contribution in [1.29, 1.82) is 0 Å². The molecule has 7 aromatic rings. The van der Waals surface area contributed by atoms with Gasteiger partial charge >= 0.3 is 0 Å². The zero-order chi connectivity index (χ0) is 40.9. The van der Waals surface area contributed by atoms with Gasteiger partial charge in [0.25, 0.3) is 0 Å². The van der Waals surface area contributed by atoms with Crippen LogP contribution in [0.2, 0.25) is 0 Å². The molecule has 14 heteroatoms. The highest BCUT2D eigenvalue weighted by Gasteiger charge is 2.19. The van der Waals surface area contributed by atoms with E-state index in [-0.39, 0.29) is 17.1 Å². The zero-order valence-corrected chi connectivity index (χ0v) is 35.5. The molecule has 2 atom stereocenters. The summed E-state index contributed by atoms with van der Waals surface area (Å²) >= 11 is 3.45. The molecule has 2 aliphatic heterocycles. The Morgan fingerprint density at radius 2 is 1.19 bits per heavy atom. The van der Waals surface area contributed by atoms with E-state index in [4.69, 9.17) is 0 Å². The quantitative estimate of drug-likeness (QED) is 0.154. The van der Waals surface area contributed by atoms with Gasteiger partial charge < -0.3 is 20.0 Å². The monoisotopic (exact) mass is 876 g/mol. The molecular formula is C45H49BrN8O4S. The fourth-order valence-corrected chi connectivity index (χ4v) is 8.93. The molecule has 2 unspecified atom stereocenters. The van der Waals surface area contributed by atoms with Gasteiger partial charge in [-0.2, -0.15) is 10.2 Å². The number of sulfone groups is 1. The third-order valence-electron chi connectivity index (χ3n) is 11.2. The van der Waals surface area contributed by atoms with E-state index >= 15 is 0 Å². The lowest BCUT2D eigenvalue weighted by molar-refractivity contribution is 0.0712. The second-order valence-electron chi connectivity index (χ2n) is 15.7. The zero-order valence-electron chi connectivity index (χ0n) is 33.1. The first kappa shape index (κ1) is 40.9. The fraction of sp³-hybridized carbons (Fsp3) is 0.333. The van der Waals surface area contributed by atoms with Crippen LogP contribution >= 0.6 is 15.9 Å². The molecule has 9 rings (SSSR count). The van der Waals surface area contributed by atoms with Crippen molar-refractivity contribution >= 4 is 37.1 Å². The number of rotatable bonds is 10. The molecule has 0 aliphatic carbocycles. The Balaban J connectivity index is 0.000000172. The lowest BCUT2D eigenvalue weighted by Gasteiger charge is -2.29. The Bertz CT molecular complexity index is 2630. The number of aliphatic hydroxyl groups excluding tert-OH is 2. The normalized spacial score (nSPS) is 17.9. The minimum atomic E-state index is -3.29. The van der Waals surface area contributed by atoms with E-state index in [1.54, 1.807) is 39.6 Å².